The van der Waals surface area contributed by atoms with Crippen molar-refractivity contribution in [2.75, 3.05) is 0 Å². The molecule has 0 atom stereocenters. The maximum atomic E-state index is 11.0. The number of carbonyl (C=O) groups excluding carboxylic acids is 1. The van der Waals surface area contributed by atoms with Crippen molar-refractivity contribution in [3.05, 3.63) is 24.2 Å². The van der Waals surface area contributed by atoms with Crippen LogP contribution >= 0.6 is 0 Å². The number of aryl methyl sites for hydroxylation is 1. The maximum absolute atomic E-state index is 11.0. The SMILES string of the molecule is CC(=O)c1cc2cnn(C)c2cn1. The standard InChI is InChI=1S/C9H9N3O/c1-6(13)8-3-7-4-11-12(2)9(7)5-10-8/h3-5H,1-2H3. The average molecular weight is 175 g/mol. The number of Topliss-reactive ketones (excluding diaryl/α,β-unsaturated/α-hetero) is 1. The molecule has 0 amide bonds. The Bertz CT molecular complexity index is 473. The number of nitrogens with zero attached hydrogens (tertiary/aromatic N) is 3. The van der Waals surface area contributed by atoms with Crippen molar-refractivity contribution < 1.29 is 4.79 Å². The van der Waals surface area contributed by atoms with Gasteiger partial charge in [-0.1, -0.05) is 0 Å². The lowest BCUT2D eigenvalue weighted by Gasteiger charge is -1.95. The summed E-state index contributed by atoms with van der Waals surface area (Å²) in [5.41, 5.74) is 1.42. The van der Waals surface area contributed by atoms with E-state index in [1.165, 1.54) is 6.92 Å². The highest BCUT2D eigenvalue weighted by Crippen LogP contribution is 2.12. The van der Waals surface area contributed by atoms with Gasteiger partial charge in [-0.15, -0.1) is 0 Å². The van der Waals surface area contributed by atoms with Gasteiger partial charge in [0.25, 0.3) is 0 Å². The Labute approximate surface area is 75.2 Å². The van der Waals surface area contributed by atoms with Crippen molar-refractivity contribution in [3.8, 4) is 0 Å². The summed E-state index contributed by atoms with van der Waals surface area (Å²) in [4.78, 5) is 15.0. The van der Waals surface area contributed by atoms with Gasteiger partial charge in [-0.25, -0.2) is 0 Å². The minimum atomic E-state index is -0.0225. The molecule has 0 fully saturated rings. The number of aromatic nitrogens is 3. The number of ketones is 1. The fraction of sp³-hybridized carbons (Fsp3) is 0.222. The predicted octanol–water partition coefficient (Wildman–Crippen LogP) is 1.17. The van der Waals surface area contributed by atoms with E-state index >= 15 is 0 Å². The smallest absolute Gasteiger partial charge is 0.178 e. The molecule has 0 bridgehead atoms. The predicted molar refractivity (Wildman–Crippen MR) is 48.5 cm³/mol. The van der Waals surface area contributed by atoms with Gasteiger partial charge in [0.05, 0.1) is 17.9 Å². The van der Waals surface area contributed by atoms with E-state index in [1.54, 1.807) is 23.1 Å². The minimum absolute atomic E-state index is 0.0225. The molecule has 2 rings (SSSR count). The first-order valence-electron chi connectivity index (χ1n) is 3.97. The molecule has 66 valence electrons. The molecule has 4 nitrogen and oxygen atoms in total. The quantitative estimate of drug-likeness (QED) is 0.611. The Morgan fingerprint density at radius 3 is 2.92 bits per heavy atom. The molecular formula is C9H9N3O. The molecule has 2 heterocycles. The summed E-state index contributed by atoms with van der Waals surface area (Å²) in [5, 5.41) is 5.01. The van der Waals surface area contributed by atoms with Crippen molar-refractivity contribution in [1.29, 1.82) is 0 Å². The van der Waals surface area contributed by atoms with Crippen LogP contribution in [0, 0.1) is 0 Å². The van der Waals surface area contributed by atoms with Crippen LogP contribution < -0.4 is 0 Å². The maximum Gasteiger partial charge on any atom is 0.178 e. The Hall–Kier alpha value is -1.71. The Morgan fingerprint density at radius 1 is 1.46 bits per heavy atom. The molecule has 0 radical (unpaired) electrons. The Kier molecular flexibility index (Phi) is 1.62. The zero-order chi connectivity index (χ0) is 9.42. The van der Waals surface area contributed by atoms with E-state index < -0.39 is 0 Å². The fourth-order valence-corrected chi connectivity index (χ4v) is 1.24. The highest BCUT2D eigenvalue weighted by molar-refractivity contribution is 5.95. The molecule has 0 saturated carbocycles. The molecule has 13 heavy (non-hydrogen) atoms. The molecule has 4 heteroatoms. The molecule has 0 aliphatic rings. The first-order chi connectivity index (χ1) is 6.18. The van der Waals surface area contributed by atoms with Gasteiger partial charge in [0, 0.05) is 19.4 Å². The van der Waals surface area contributed by atoms with E-state index in [4.69, 9.17) is 0 Å². The first-order valence-corrected chi connectivity index (χ1v) is 3.97. The van der Waals surface area contributed by atoms with Crippen molar-refractivity contribution in [2.45, 2.75) is 6.92 Å². The van der Waals surface area contributed by atoms with Crippen LogP contribution in [0.4, 0.5) is 0 Å². The average Bonchev–Trinajstić information content (AvgIpc) is 2.47. The third kappa shape index (κ3) is 1.20. The number of hydrogen-bond acceptors (Lipinski definition) is 3. The van der Waals surface area contributed by atoms with E-state index in [0.29, 0.717) is 5.69 Å². The molecule has 0 N–H and O–H groups in total. The van der Waals surface area contributed by atoms with Gasteiger partial charge >= 0.3 is 0 Å². The topological polar surface area (TPSA) is 47.8 Å². The number of pyridine rings is 1. The van der Waals surface area contributed by atoms with E-state index in [-0.39, 0.29) is 5.78 Å². The third-order valence-electron chi connectivity index (χ3n) is 1.99. The van der Waals surface area contributed by atoms with Crippen LogP contribution in [0.1, 0.15) is 17.4 Å². The van der Waals surface area contributed by atoms with E-state index in [0.717, 1.165) is 10.9 Å². The molecule has 0 unspecified atom stereocenters. The van der Waals surface area contributed by atoms with Gasteiger partial charge in [-0.3, -0.25) is 14.5 Å². The molecule has 0 spiro atoms. The van der Waals surface area contributed by atoms with Crippen molar-refractivity contribution in [2.24, 2.45) is 7.05 Å². The van der Waals surface area contributed by atoms with Gasteiger partial charge < -0.3 is 0 Å². The van der Waals surface area contributed by atoms with E-state index in [1.807, 2.05) is 7.05 Å². The van der Waals surface area contributed by atoms with Crippen LogP contribution in [0.15, 0.2) is 18.5 Å². The number of rotatable bonds is 1. The molecular weight excluding hydrogens is 166 g/mol. The Morgan fingerprint density at radius 2 is 2.23 bits per heavy atom. The van der Waals surface area contributed by atoms with Crippen molar-refractivity contribution in [1.82, 2.24) is 14.8 Å². The third-order valence-corrected chi connectivity index (χ3v) is 1.99. The molecule has 2 aromatic rings. The first kappa shape index (κ1) is 7.91. The summed E-state index contributed by atoms with van der Waals surface area (Å²) in [7, 11) is 1.84. The van der Waals surface area contributed by atoms with Crippen LogP contribution in [-0.4, -0.2) is 20.5 Å². The molecule has 0 aromatic carbocycles. The van der Waals surface area contributed by atoms with Crippen LogP contribution in [0.3, 0.4) is 0 Å². The van der Waals surface area contributed by atoms with Crippen molar-refractivity contribution in [3.63, 3.8) is 0 Å². The van der Waals surface area contributed by atoms with E-state index in [9.17, 15) is 4.79 Å². The summed E-state index contributed by atoms with van der Waals surface area (Å²) < 4.78 is 1.73. The fourth-order valence-electron chi connectivity index (χ4n) is 1.24. The molecule has 0 aliphatic heterocycles. The second-order valence-corrected chi connectivity index (χ2v) is 2.95. The van der Waals surface area contributed by atoms with Gasteiger partial charge in [-0.2, -0.15) is 5.10 Å². The number of carbonyl (C=O) groups is 1. The second kappa shape index (κ2) is 2.65. The highest BCUT2D eigenvalue weighted by Gasteiger charge is 2.04. The lowest BCUT2D eigenvalue weighted by Crippen LogP contribution is -1.96. The van der Waals surface area contributed by atoms with Gasteiger partial charge in [0.1, 0.15) is 5.69 Å². The molecule has 0 aliphatic carbocycles. The lowest BCUT2D eigenvalue weighted by molar-refractivity contribution is 0.101. The zero-order valence-corrected chi connectivity index (χ0v) is 7.48. The summed E-state index contributed by atoms with van der Waals surface area (Å²) in [6.07, 6.45) is 3.39. The normalized spacial score (nSPS) is 10.6. The lowest BCUT2D eigenvalue weighted by atomic mass is 10.2. The number of fused-ring (bicyclic) bond motifs is 1. The Balaban J connectivity index is 2.70. The summed E-state index contributed by atoms with van der Waals surface area (Å²) >= 11 is 0. The van der Waals surface area contributed by atoms with Gasteiger partial charge in [-0.05, 0) is 6.07 Å². The minimum Gasteiger partial charge on any atom is -0.293 e. The van der Waals surface area contributed by atoms with Crippen LogP contribution in [0.5, 0.6) is 0 Å². The zero-order valence-electron chi connectivity index (χ0n) is 7.48. The highest BCUT2D eigenvalue weighted by atomic mass is 16.1. The summed E-state index contributed by atoms with van der Waals surface area (Å²) in [6, 6.07) is 1.75. The second-order valence-electron chi connectivity index (χ2n) is 2.95. The van der Waals surface area contributed by atoms with Gasteiger partial charge in [0.2, 0.25) is 0 Å². The van der Waals surface area contributed by atoms with E-state index in [2.05, 4.69) is 10.1 Å². The largest absolute Gasteiger partial charge is 0.293 e. The number of hydrogen-bond donors (Lipinski definition) is 0. The van der Waals surface area contributed by atoms with Crippen LogP contribution in [0.2, 0.25) is 0 Å². The molecule has 0 saturated heterocycles. The molecule has 2 aromatic heterocycles. The summed E-state index contributed by atoms with van der Waals surface area (Å²) in [6.45, 7) is 1.50. The van der Waals surface area contributed by atoms with Crippen LogP contribution in [0.25, 0.3) is 10.9 Å². The monoisotopic (exact) mass is 175 g/mol. The summed E-state index contributed by atoms with van der Waals surface area (Å²) in [5.74, 6) is -0.0225. The van der Waals surface area contributed by atoms with Crippen molar-refractivity contribution >= 4 is 16.7 Å². The van der Waals surface area contributed by atoms with Crippen LogP contribution in [-0.2, 0) is 7.05 Å². The van der Waals surface area contributed by atoms with Gasteiger partial charge in [0.15, 0.2) is 5.78 Å².